The average molecular weight is 259 g/mol. The van der Waals surface area contributed by atoms with E-state index in [1.165, 1.54) is 0 Å². The van der Waals surface area contributed by atoms with E-state index in [1.807, 2.05) is 72.8 Å². The van der Waals surface area contributed by atoms with Crippen LogP contribution in [0.5, 0.6) is 5.75 Å². The smallest absolute Gasteiger partial charge is 0.127 e. The quantitative estimate of drug-likeness (QED) is 0.693. The van der Waals surface area contributed by atoms with Crippen LogP contribution in [0.3, 0.4) is 0 Å². The predicted octanol–water partition coefficient (Wildman–Crippen LogP) is 4.91. The van der Waals surface area contributed by atoms with Gasteiger partial charge < -0.3 is 5.11 Å². The van der Waals surface area contributed by atoms with Gasteiger partial charge in [-0.1, -0.05) is 72.8 Å². The highest BCUT2D eigenvalue weighted by Gasteiger charge is 2.13. The third-order valence-corrected chi connectivity index (χ3v) is 3.41. The van der Waals surface area contributed by atoms with Gasteiger partial charge in [-0.25, -0.2) is 0 Å². The van der Waals surface area contributed by atoms with Crippen LogP contribution in [-0.4, -0.2) is 5.11 Å². The van der Waals surface area contributed by atoms with Crippen LogP contribution < -0.4 is 0 Å². The van der Waals surface area contributed by atoms with Gasteiger partial charge in [-0.15, -0.1) is 0 Å². The first-order chi connectivity index (χ1) is 9.77. The Kier molecular flexibility index (Phi) is 3.26. The molecule has 0 aliphatic carbocycles. The number of benzene rings is 3. The van der Waals surface area contributed by atoms with Crippen molar-refractivity contribution in [2.75, 3.05) is 0 Å². The Balaban J connectivity index is 2.29. The van der Waals surface area contributed by atoms with E-state index in [0.717, 1.165) is 22.3 Å². The Morgan fingerprint density at radius 2 is 1.20 bits per heavy atom. The number of phenolic OH excluding ortho intramolecular Hbond substituents is 1. The van der Waals surface area contributed by atoms with Crippen LogP contribution in [0.2, 0.25) is 0 Å². The predicted molar refractivity (Wildman–Crippen MR) is 83.4 cm³/mol. The summed E-state index contributed by atoms with van der Waals surface area (Å²) in [5.41, 5.74) is 4.57. The summed E-state index contributed by atoms with van der Waals surface area (Å²) in [5.74, 6) is 0.248. The Morgan fingerprint density at radius 1 is 0.650 bits per heavy atom. The fourth-order valence-corrected chi connectivity index (χ4v) is 2.39. The maximum absolute atomic E-state index is 10.4. The zero-order valence-electron chi connectivity index (χ0n) is 11.1. The molecule has 0 unspecified atom stereocenters. The second kappa shape index (κ2) is 5.22. The summed E-state index contributed by atoms with van der Waals surface area (Å²) >= 11 is 0. The molecule has 0 aliphatic heterocycles. The maximum atomic E-state index is 10.4. The third-order valence-electron chi connectivity index (χ3n) is 3.41. The van der Waals surface area contributed by atoms with Crippen molar-refractivity contribution in [2.24, 2.45) is 0 Å². The zero-order chi connectivity index (χ0) is 13.9. The van der Waals surface area contributed by atoms with Gasteiger partial charge in [-0.3, -0.25) is 0 Å². The number of hydrogen-bond donors (Lipinski definition) is 1. The highest BCUT2D eigenvalue weighted by atomic mass is 16.3. The molecular formula is C19H15O. The van der Waals surface area contributed by atoms with Gasteiger partial charge >= 0.3 is 0 Å². The van der Waals surface area contributed by atoms with E-state index in [9.17, 15) is 5.11 Å². The molecule has 20 heavy (non-hydrogen) atoms. The van der Waals surface area contributed by atoms with Crippen LogP contribution in [0, 0.1) is 6.92 Å². The Labute approximate surface area is 119 Å². The minimum Gasteiger partial charge on any atom is -0.507 e. The monoisotopic (exact) mass is 259 g/mol. The molecule has 0 aliphatic rings. The van der Waals surface area contributed by atoms with Gasteiger partial charge in [0.15, 0.2) is 0 Å². The van der Waals surface area contributed by atoms with Crippen LogP contribution in [0.25, 0.3) is 22.3 Å². The van der Waals surface area contributed by atoms with Crippen LogP contribution in [-0.2, 0) is 0 Å². The van der Waals surface area contributed by atoms with Gasteiger partial charge in [0.25, 0.3) is 0 Å². The molecule has 3 aromatic rings. The summed E-state index contributed by atoms with van der Waals surface area (Å²) in [4.78, 5) is 0. The van der Waals surface area contributed by atoms with Crippen molar-refractivity contribution in [3.05, 3.63) is 85.3 Å². The molecule has 97 valence electrons. The lowest BCUT2D eigenvalue weighted by Gasteiger charge is -2.14. The fourth-order valence-electron chi connectivity index (χ4n) is 2.39. The van der Waals surface area contributed by atoms with E-state index in [4.69, 9.17) is 0 Å². The van der Waals surface area contributed by atoms with Crippen molar-refractivity contribution in [1.29, 1.82) is 0 Å². The molecule has 1 radical (unpaired) electrons. The lowest BCUT2D eigenvalue weighted by molar-refractivity contribution is 0.475. The molecule has 0 atom stereocenters. The first-order valence-electron chi connectivity index (χ1n) is 6.56. The lowest BCUT2D eigenvalue weighted by atomic mass is 9.92. The van der Waals surface area contributed by atoms with Crippen molar-refractivity contribution in [3.63, 3.8) is 0 Å². The molecule has 3 rings (SSSR count). The van der Waals surface area contributed by atoms with E-state index < -0.39 is 0 Å². The molecule has 1 heteroatoms. The first-order valence-corrected chi connectivity index (χ1v) is 6.56. The van der Waals surface area contributed by atoms with E-state index in [0.29, 0.717) is 5.56 Å². The highest BCUT2D eigenvalue weighted by Crippen LogP contribution is 2.40. The largest absolute Gasteiger partial charge is 0.507 e. The molecule has 0 fully saturated rings. The molecule has 0 saturated heterocycles. The molecular weight excluding hydrogens is 244 g/mol. The topological polar surface area (TPSA) is 20.2 Å². The number of rotatable bonds is 2. The molecule has 0 aromatic heterocycles. The standard InChI is InChI=1S/C19H15O/c1-14-12-13-17(15-8-4-2-5-9-15)18(19(14)20)16-10-6-3-7-11-16/h2-13,20H,1H2. The molecule has 3 aromatic carbocycles. The van der Waals surface area contributed by atoms with Crippen LogP contribution in [0.15, 0.2) is 72.8 Å². The lowest BCUT2D eigenvalue weighted by Crippen LogP contribution is -1.88. The number of phenols is 1. The minimum absolute atomic E-state index is 0.248. The molecule has 0 spiro atoms. The second-order valence-corrected chi connectivity index (χ2v) is 4.73. The summed E-state index contributed by atoms with van der Waals surface area (Å²) in [5, 5.41) is 10.4. The number of aromatic hydroxyl groups is 1. The van der Waals surface area contributed by atoms with Crippen LogP contribution >= 0.6 is 0 Å². The van der Waals surface area contributed by atoms with Gasteiger partial charge in [0.05, 0.1) is 0 Å². The number of hydrogen-bond acceptors (Lipinski definition) is 1. The van der Waals surface area contributed by atoms with Gasteiger partial charge in [0.2, 0.25) is 0 Å². The average Bonchev–Trinajstić information content (AvgIpc) is 2.51. The van der Waals surface area contributed by atoms with Crippen molar-refractivity contribution < 1.29 is 5.11 Å². The Hall–Kier alpha value is -2.54. The summed E-state index contributed by atoms with van der Waals surface area (Å²) in [6, 6.07) is 23.9. The van der Waals surface area contributed by atoms with E-state index in [-0.39, 0.29) is 5.75 Å². The van der Waals surface area contributed by atoms with Gasteiger partial charge in [-0.05, 0) is 29.2 Å². The zero-order valence-corrected chi connectivity index (χ0v) is 11.1. The highest BCUT2D eigenvalue weighted by molar-refractivity contribution is 5.88. The van der Waals surface area contributed by atoms with Gasteiger partial charge in [-0.2, -0.15) is 0 Å². The molecule has 1 nitrogen and oxygen atoms in total. The minimum atomic E-state index is 0.248. The molecule has 0 heterocycles. The summed E-state index contributed by atoms with van der Waals surface area (Å²) in [6.45, 7) is 3.89. The Bertz CT molecular complexity index is 716. The SMILES string of the molecule is [CH2]c1ccc(-c2ccccc2)c(-c2ccccc2)c1O. The summed E-state index contributed by atoms with van der Waals surface area (Å²) in [7, 11) is 0. The Morgan fingerprint density at radius 3 is 1.80 bits per heavy atom. The molecule has 0 bridgehead atoms. The van der Waals surface area contributed by atoms with Crippen molar-refractivity contribution in [1.82, 2.24) is 0 Å². The third kappa shape index (κ3) is 2.19. The molecule has 0 amide bonds. The van der Waals surface area contributed by atoms with Gasteiger partial charge in [0, 0.05) is 5.56 Å². The summed E-state index contributed by atoms with van der Waals surface area (Å²) < 4.78 is 0. The van der Waals surface area contributed by atoms with Crippen molar-refractivity contribution in [3.8, 4) is 28.0 Å². The first kappa shape index (κ1) is 12.5. The van der Waals surface area contributed by atoms with Crippen molar-refractivity contribution in [2.45, 2.75) is 0 Å². The van der Waals surface area contributed by atoms with E-state index in [2.05, 4.69) is 6.92 Å². The van der Waals surface area contributed by atoms with Crippen LogP contribution in [0.4, 0.5) is 0 Å². The molecule has 0 saturated carbocycles. The van der Waals surface area contributed by atoms with Gasteiger partial charge in [0.1, 0.15) is 5.75 Å². The maximum Gasteiger partial charge on any atom is 0.127 e. The van der Waals surface area contributed by atoms with E-state index in [1.54, 1.807) is 0 Å². The van der Waals surface area contributed by atoms with Crippen LogP contribution in [0.1, 0.15) is 5.56 Å². The normalized spacial score (nSPS) is 10.4. The second-order valence-electron chi connectivity index (χ2n) is 4.73. The van der Waals surface area contributed by atoms with Crippen molar-refractivity contribution >= 4 is 0 Å². The summed E-state index contributed by atoms with van der Waals surface area (Å²) in [6.07, 6.45) is 0. The fraction of sp³-hybridized carbons (Fsp3) is 0. The molecule has 1 N–H and O–H groups in total. The van der Waals surface area contributed by atoms with E-state index >= 15 is 0 Å².